The highest BCUT2D eigenvalue weighted by Crippen LogP contribution is 2.40. The van der Waals surface area contributed by atoms with E-state index in [1.807, 2.05) is 12.1 Å². The van der Waals surface area contributed by atoms with Gasteiger partial charge in [-0.1, -0.05) is 6.92 Å². The smallest absolute Gasteiger partial charge is 0.203 e. The molecule has 0 fully saturated rings. The fraction of sp³-hybridized carbons (Fsp3) is 0.625. The molecule has 0 radical (unpaired) electrons. The molecule has 0 aliphatic heterocycles. The summed E-state index contributed by atoms with van der Waals surface area (Å²) in [5.41, 5.74) is 0. The predicted molar refractivity (Wildman–Crippen MR) is 84.0 cm³/mol. The summed E-state index contributed by atoms with van der Waals surface area (Å²) < 4.78 is 21.7. The summed E-state index contributed by atoms with van der Waals surface area (Å²) in [5.74, 6) is 2.51. The van der Waals surface area contributed by atoms with Gasteiger partial charge >= 0.3 is 0 Å². The molecular weight excluding hydrogens is 270 g/mol. The number of ether oxygens (including phenoxy) is 4. The highest BCUT2D eigenvalue weighted by molar-refractivity contribution is 5.55. The first-order valence-electron chi connectivity index (χ1n) is 7.32. The maximum atomic E-state index is 5.78. The monoisotopic (exact) mass is 297 g/mol. The SMILES string of the molecule is CCNC(C)CCCOc1cc(OC)c(OC)c(OC)c1. The lowest BCUT2D eigenvalue weighted by Gasteiger charge is -2.15. The van der Waals surface area contributed by atoms with Crippen LogP contribution in [0.1, 0.15) is 26.7 Å². The Morgan fingerprint density at radius 1 is 1.05 bits per heavy atom. The zero-order valence-electron chi connectivity index (χ0n) is 13.7. The Labute approximate surface area is 127 Å². The Morgan fingerprint density at radius 2 is 1.67 bits per heavy atom. The van der Waals surface area contributed by atoms with Crippen molar-refractivity contribution >= 4 is 0 Å². The zero-order chi connectivity index (χ0) is 15.7. The molecule has 0 aliphatic carbocycles. The average Bonchev–Trinajstić information content (AvgIpc) is 2.50. The second kappa shape index (κ2) is 9.34. The number of methoxy groups -OCH3 is 3. The summed E-state index contributed by atoms with van der Waals surface area (Å²) in [6.07, 6.45) is 2.07. The minimum atomic E-state index is 0.513. The summed E-state index contributed by atoms with van der Waals surface area (Å²) in [4.78, 5) is 0. The molecule has 0 bridgehead atoms. The fourth-order valence-electron chi connectivity index (χ4n) is 2.17. The van der Waals surface area contributed by atoms with Crippen molar-refractivity contribution in [3.8, 4) is 23.0 Å². The van der Waals surface area contributed by atoms with E-state index in [0.717, 1.165) is 25.1 Å². The molecule has 0 amide bonds. The molecule has 21 heavy (non-hydrogen) atoms. The first-order valence-corrected chi connectivity index (χ1v) is 7.32. The van der Waals surface area contributed by atoms with E-state index < -0.39 is 0 Å². The van der Waals surface area contributed by atoms with Crippen molar-refractivity contribution < 1.29 is 18.9 Å². The summed E-state index contributed by atoms with van der Waals surface area (Å²) in [6, 6.07) is 4.14. The van der Waals surface area contributed by atoms with Crippen LogP contribution in [0.3, 0.4) is 0 Å². The van der Waals surface area contributed by atoms with Crippen molar-refractivity contribution in [1.29, 1.82) is 0 Å². The Balaban J connectivity index is 2.59. The van der Waals surface area contributed by atoms with Crippen LogP contribution in [0.25, 0.3) is 0 Å². The number of benzene rings is 1. The van der Waals surface area contributed by atoms with Crippen molar-refractivity contribution in [2.75, 3.05) is 34.5 Å². The van der Waals surface area contributed by atoms with Gasteiger partial charge in [0.1, 0.15) is 5.75 Å². The van der Waals surface area contributed by atoms with Gasteiger partial charge < -0.3 is 24.3 Å². The third-order valence-electron chi connectivity index (χ3n) is 3.24. The first-order chi connectivity index (χ1) is 10.2. The van der Waals surface area contributed by atoms with Gasteiger partial charge in [0.15, 0.2) is 11.5 Å². The molecule has 5 nitrogen and oxygen atoms in total. The molecule has 1 atom stereocenters. The van der Waals surface area contributed by atoms with Crippen LogP contribution in [-0.2, 0) is 0 Å². The number of hydrogen-bond donors (Lipinski definition) is 1. The van der Waals surface area contributed by atoms with E-state index in [-0.39, 0.29) is 0 Å². The van der Waals surface area contributed by atoms with E-state index in [4.69, 9.17) is 18.9 Å². The van der Waals surface area contributed by atoms with Gasteiger partial charge in [-0.2, -0.15) is 0 Å². The first kappa shape index (κ1) is 17.4. The largest absolute Gasteiger partial charge is 0.493 e. The summed E-state index contributed by atoms with van der Waals surface area (Å²) in [6.45, 7) is 5.95. The maximum Gasteiger partial charge on any atom is 0.203 e. The van der Waals surface area contributed by atoms with Crippen molar-refractivity contribution in [3.63, 3.8) is 0 Å². The normalized spacial score (nSPS) is 11.9. The van der Waals surface area contributed by atoms with Gasteiger partial charge in [0.2, 0.25) is 5.75 Å². The van der Waals surface area contributed by atoms with Crippen LogP contribution < -0.4 is 24.3 Å². The molecular formula is C16H27NO4. The quantitative estimate of drug-likeness (QED) is 0.673. The lowest BCUT2D eigenvalue weighted by Crippen LogP contribution is -2.25. The van der Waals surface area contributed by atoms with E-state index in [0.29, 0.717) is 29.9 Å². The van der Waals surface area contributed by atoms with Crippen molar-refractivity contribution in [2.24, 2.45) is 0 Å². The Kier molecular flexibility index (Phi) is 7.75. The molecule has 1 rings (SSSR count). The van der Waals surface area contributed by atoms with Gasteiger partial charge in [-0.05, 0) is 26.3 Å². The highest BCUT2D eigenvalue weighted by Gasteiger charge is 2.13. The molecule has 1 unspecified atom stereocenters. The van der Waals surface area contributed by atoms with Crippen LogP contribution in [0.15, 0.2) is 12.1 Å². The molecule has 1 aromatic rings. The van der Waals surface area contributed by atoms with E-state index >= 15 is 0 Å². The van der Waals surface area contributed by atoms with Gasteiger partial charge in [0.25, 0.3) is 0 Å². The van der Waals surface area contributed by atoms with Crippen LogP contribution in [0.5, 0.6) is 23.0 Å². The van der Waals surface area contributed by atoms with Gasteiger partial charge in [0, 0.05) is 18.2 Å². The van der Waals surface area contributed by atoms with Crippen molar-refractivity contribution in [3.05, 3.63) is 12.1 Å². The molecule has 1 aromatic carbocycles. The summed E-state index contributed by atoms with van der Waals surface area (Å²) in [5, 5.41) is 3.38. The molecule has 0 aromatic heterocycles. The average molecular weight is 297 g/mol. The number of rotatable bonds is 10. The van der Waals surface area contributed by atoms with Crippen LogP contribution in [0.4, 0.5) is 0 Å². The third kappa shape index (κ3) is 5.34. The Bertz CT molecular complexity index is 398. The summed E-state index contributed by atoms with van der Waals surface area (Å²) >= 11 is 0. The van der Waals surface area contributed by atoms with E-state index in [1.54, 1.807) is 21.3 Å². The minimum Gasteiger partial charge on any atom is -0.493 e. The third-order valence-corrected chi connectivity index (χ3v) is 3.24. The molecule has 0 aliphatic rings. The number of nitrogens with one attached hydrogen (secondary N) is 1. The maximum absolute atomic E-state index is 5.78. The molecule has 0 saturated heterocycles. The van der Waals surface area contributed by atoms with Gasteiger partial charge in [-0.25, -0.2) is 0 Å². The van der Waals surface area contributed by atoms with E-state index in [1.165, 1.54) is 0 Å². The highest BCUT2D eigenvalue weighted by atomic mass is 16.5. The van der Waals surface area contributed by atoms with E-state index in [9.17, 15) is 0 Å². The number of hydrogen-bond acceptors (Lipinski definition) is 5. The molecule has 0 heterocycles. The van der Waals surface area contributed by atoms with Crippen molar-refractivity contribution in [2.45, 2.75) is 32.7 Å². The minimum absolute atomic E-state index is 0.513. The standard InChI is InChI=1S/C16H27NO4/c1-6-17-12(2)8-7-9-21-13-10-14(18-3)16(20-5)15(11-13)19-4/h10-12,17H,6-9H2,1-5H3. The Hall–Kier alpha value is -1.62. The second-order valence-corrected chi connectivity index (χ2v) is 4.81. The zero-order valence-corrected chi connectivity index (χ0v) is 13.7. The van der Waals surface area contributed by atoms with Crippen LogP contribution in [0, 0.1) is 0 Å². The molecule has 1 N–H and O–H groups in total. The molecule has 0 spiro atoms. The van der Waals surface area contributed by atoms with Gasteiger partial charge in [0.05, 0.1) is 27.9 Å². The lowest BCUT2D eigenvalue weighted by atomic mass is 10.2. The van der Waals surface area contributed by atoms with Gasteiger partial charge in [-0.15, -0.1) is 0 Å². The predicted octanol–water partition coefficient (Wildman–Crippen LogP) is 2.87. The van der Waals surface area contributed by atoms with Crippen LogP contribution in [0.2, 0.25) is 0 Å². The molecule has 5 heteroatoms. The topological polar surface area (TPSA) is 49.0 Å². The molecule has 0 saturated carbocycles. The summed E-state index contributed by atoms with van der Waals surface area (Å²) in [7, 11) is 4.78. The van der Waals surface area contributed by atoms with Gasteiger partial charge in [-0.3, -0.25) is 0 Å². The van der Waals surface area contributed by atoms with E-state index in [2.05, 4.69) is 19.2 Å². The van der Waals surface area contributed by atoms with Crippen molar-refractivity contribution in [1.82, 2.24) is 5.32 Å². The fourth-order valence-corrected chi connectivity index (χ4v) is 2.17. The van der Waals surface area contributed by atoms with Crippen LogP contribution >= 0.6 is 0 Å². The second-order valence-electron chi connectivity index (χ2n) is 4.81. The molecule has 120 valence electrons. The Morgan fingerprint density at radius 3 is 2.14 bits per heavy atom. The lowest BCUT2D eigenvalue weighted by molar-refractivity contribution is 0.287. The van der Waals surface area contributed by atoms with Crippen LogP contribution in [-0.4, -0.2) is 40.5 Å².